The summed E-state index contributed by atoms with van der Waals surface area (Å²) >= 11 is 8.61. The minimum absolute atomic E-state index is 0.0746. The quantitative estimate of drug-likeness (QED) is 0.748. The number of rotatable bonds is 5. The van der Waals surface area contributed by atoms with Crippen molar-refractivity contribution in [2.75, 3.05) is 18.4 Å². The number of halogens is 5. The first-order valence-electron chi connectivity index (χ1n) is 5.04. The molecule has 0 radical (unpaired) electrons. The Hall–Kier alpha value is -0.750. The van der Waals surface area contributed by atoms with Crippen LogP contribution in [0.2, 0.25) is 5.02 Å². The van der Waals surface area contributed by atoms with E-state index in [1.54, 1.807) is 0 Å². The number of hydrogen-bond donors (Lipinski definition) is 0. The molecular formula is C11H10BrClF3NO. The molecule has 0 heterocycles. The lowest BCUT2D eigenvalue weighted by atomic mass is 10.2. The summed E-state index contributed by atoms with van der Waals surface area (Å²) in [5.41, 5.74) is -0.263. The van der Waals surface area contributed by atoms with Crippen molar-refractivity contribution in [3.8, 4) is 0 Å². The fraction of sp³-hybridized carbons (Fsp3) is 0.364. The zero-order chi connectivity index (χ0) is 13.7. The normalized spacial score (nSPS) is 10.8. The maximum Gasteiger partial charge on any atom is 0.257 e. The van der Waals surface area contributed by atoms with Crippen molar-refractivity contribution in [3.05, 3.63) is 34.6 Å². The van der Waals surface area contributed by atoms with Crippen LogP contribution in [0.5, 0.6) is 0 Å². The van der Waals surface area contributed by atoms with Gasteiger partial charge in [0.05, 0.1) is 12.1 Å². The van der Waals surface area contributed by atoms with Crippen LogP contribution in [-0.2, 0) is 0 Å². The first-order valence-corrected chi connectivity index (χ1v) is 6.54. The Balaban J connectivity index is 2.94. The van der Waals surface area contributed by atoms with Gasteiger partial charge in [-0.15, -0.1) is 0 Å². The standard InChI is InChI=1S/C11H10BrClF3NO/c12-3-4-17(6-10(15)16)11(18)8-2-1-7(13)5-9(8)14/h1-2,5,10H,3-4,6H2. The van der Waals surface area contributed by atoms with E-state index in [0.29, 0.717) is 5.33 Å². The Labute approximate surface area is 116 Å². The lowest BCUT2D eigenvalue weighted by Gasteiger charge is -2.21. The van der Waals surface area contributed by atoms with Crippen LogP contribution in [0.1, 0.15) is 10.4 Å². The summed E-state index contributed by atoms with van der Waals surface area (Å²) in [7, 11) is 0. The van der Waals surface area contributed by atoms with Crippen molar-refractivity contribution >= 4 is 33.4 Å². The molecule has 1 aromatic carbocycles. The van der Waals surface area contributed by atoms with Crippen LogP contribution < -0.4 is 0 Å². The SMILES string of the molecule is O=C(c1ccc(Cl)cc1F)N(CCBr)CC(F)F. The lowest BCUT2D eigenvalue weighted by Crippen LogP contribution is -2.37. The molecule has 1 rings (SSSR count). The lowest BCUT2D eigenvalue weighted by molar-refractivity contribution is 0.0568. The molecule has 100 valence electrons. The predicted molar refractivity (Wildman–Crippen MR) is 67.1 cm³/mol. The monoisotopic (exact) mass is 343 g/mol. The van der Waals surface area contributed by atoms with Gasteiger partial charge in [-0.1, -0.05) is 27.5 Å². The van der Waals surface area contributed by atoms with Crippen LogP contribution in [0.15, 0.2) is 18.2 Å². The summed E-state index contributed by atoms with van der Waals surface area (Å²) < 4.78 is 38.2. The van der Waals surface area contributed by atoms with E-state index < -0.39 is 24.7 Å². The summed E-state index contributed by atoms with van der Waals surface area (Å²) in [6.07, 6.45) is -2.66. The molecule has 0 aliphatic heterocycles. The molecule has 0 unspecified atom stereocenters. The van der Waals surface area contributed by atoms with Crippen LogP contribution >= 0.6 is 27.5 Å². The Morgan fingerprint density at radius 2 is 2.11 bits per heavy atom. The molecule has 0 aromatic heterocycles. The second-order valence-corrected chi connectivity index (χ2v) is 4.68. The van der Waals surface area contributed by atoms with E-state index in [1.165, 1.54) is 12.1 Å². The van der Waals surface area contributed by atoms with Gasteiger partial charge in [0.1, 0.15) is 5.82 Å². The van der Waals surface area contributed by atoms with E-state index in [9.17, 15) is 18.0 Å². The van der Waals surface area contributed by atoms with Gasteiger partial charge in [-0.3, -0.25) is 4.79 Å². The van der Waals surface area contributed by atoms with E-state index in [4.69, 9.17) is 11.6 Å². The van der Waals surface area contributed by atoms with Gasteiger partial charge < -0.3 is 4.90 Å². The number of hydrogen-bond acceptors (Lipinski definition) is 1. The van der Waals surface area contributed by atoms with Gasteiger partial charge >= 0.3 is 0 Å². The molecule has 0 bridgehead atoms. The summed E-state index contributed by atoms with van der Waals surface area (Å²) in [6.45, 7) is -0.655. The molecule has 0 saturated heterocycles. The van der Waals surface area contributed by atoms with Crippen LogP contribution in [0.25, 0.3) is 0 Å². The summed E-state index contributed by atoms with van der Waals surface area (Å²) in [5, 5.41) is 0.477. The Morgan fingerprint density at radius 3 is 2.61 bits per heavy atom. The van der Waals surface area contributed by atoms with E-state index >= 15 is 0 Å². The molecule has 1 amide bonds. The van der Waals surface area contributed by atoms with E-state index in [-0.39, 0.29) is 17.1 Å². The molecule has 0 atom stereocenters. The third-order valence-electron chi connectivity index (χ3n) is 2.16. The van der Waals surface area contributed by atoms with Crippen molar-refractivity contribution in [3.63, 3.8) is 0 Å². The highest BCUT2D eigenvalue weighted by atomic mass is 79.9. The predicted octanol–water partition coefficient (Wildman–Crippen LogP) is 3.58. The van der Waals surface area contributed by atoms with Crippen molar-refractivity contribution < 1.29 is 18.0 Å². The number of carbonyl (C=O) groups is 1. The minimum Gasteiger partial charge on any atom is -0.332 e. The molecule has 0 N–H and O–H groups in total. The molecule has 0 aliphatic rings. The van der Waals surface area contributed by atoms with Gasteiger partial charge in [0.25, 0.3) is 12.3 Å². The van der Waals surface area contributed by atoms with Crippen molar-refractivity contribution in [1.82, 2.24) is 4.90 Å². The number of nitrogens with zero attached hydrogens (tertiary/aromatic N) is 1. The summed E-state index contributed by atoms with van der Waals surface area (Å²) in [4.78, 5) is 12.8. The van der Waals surface area contributed by atoms with Crippen molar-refractivity contribution in [2.24, 2.45) is 0 Å². The van der Waals surface area contributed by atoms with Gasteiger partial charge in [-0.25, -0.2) is 13.2 Å². The molecule has 0 saturated carbocycles. The average molecular weight is 345 g/mol. The molecule has 0 spiro atoms. The highest BCUT2D eigenvalue weighted by molar-refractivity contribution is 9.09. The molecule has 2 nitrogen and oxygen atoms in total. The van der Waals surface area contributed by atoms with Crippen molar-refractivity contribution in [2.45, 2.75) is 6.43 Å². The molecule has 7 heteroatoms. The zero-order valence-electron chi connectivity index (χ0n) is 9.18. The van der Waals surface area contributed by atoms with Gasteiger partial charge in [-0.05, 0) is 18.2 Å². The zero-order valence-corrected chi connectivity index (χ0v) is 11.5. The topological polar surface area (TPSA) is 20.3 Å². The minimum atomic E-state index is -2.66. The Kier molecular flexibility index (Phi) is 5.95. The van der Waals surface area contributed by atoms with Gasteiger partial charge in [0, 0.05) is 16.9 Å². The molecule has 0 fully saturated rings. The molecule has 18 heavy (non-hydrogen) atoms. The van der Waals surface area contributed by atoms with E-state index in [1.807, 2.05) is 0 Å². The third-order valence-corrected chi connectivity index (χ3v) is 2.75. The number of amides is 1. The van der Waals surface area contributed by atoms with Gasteiger partial charge in [0.15, 0.2) is 0 Å². The summed E-state index contributed by atoms with van der Waals surface area (Å²) in [6, 6.07) is 3.50. The van der Waals surface area contributed by atoms with Crippen LogP contribution in [0.3, 0.4) is 0 Å². The van der Waals surface area contributed by atoms with E-state index in [0.717, 1.165) is 11.0 Å². The fourth-order valence-corrected chi connectivity index (χ4v) is 1.96. The second kappa shape index (κ2) is 6.99. The van der Waals surface area contributed by atoms with Crippen LogP contribution in [-0.4, -0.2) is 35.7 Å². The van der Waals surface area contributed by atoms with E-state index in [2.05, 4.69) is 15.9 Å². The number of carbonyl (C=O) groups excluding carboxylic acids is 1. The largest absolute Gasteiger partial charge is 0.332 e. The third kappa shape index (κ3) is 4.17. The van der Waals surface area contributed by atoms with Gasteiger partial charge in [-0.2, -0.15) is 0 Å². The molecule has 0 aliphatic carbocycles. The number of alkyl halides is 3. The second-order valence-electron chi connectivity index (χ2n) is 3.46. The fourth-order valence-electron chi connectivity index (χ4n) is 1.38. The van der Waals surface area contributed by atoms with Crippen LogP contribution in [0, 0.1) is 5.82 Å². The highest BCUT2D eigenvalue weighted by Crippen LogP contribution is 2.17. The maximum absolute atomic E-state index is 13.5. The molecule has 1 aromatic rings. The average Bonchev–Trinajstić information content (AvgIpc) is 2.27. The highest BCUT2D eigenvalue weighted by Gasteiger charge is 2.21. The molecular weight excluding hydrogens is 334 g/mol. The van der Waals surface area contributed by atoms with Gasteiger partial charge in [0.2, 0.25) is 0 Å². The first kappa shape index (κ1) is 15.3. The summed E-state index contributed by atoms with van der Waals surface area (Å²) in [5.74, 6) is -1.59. The van der Waals surface area contributed by atoms with Crippen molar-refractivity contribution in [1.29, 1.82) is 0 Å². The van der Waals surface area contributed by atoms with Crippen LogP contribution in [0.4, 0.5) is 13.2 Å². The Morgan fingerprint density at radius 1 is 1.44 bits per heavy atom. The maximum atomic E-state index is 13.5. The number of benzene rings is 1. The Bertz CT molecular complexity index is 431. The first-order chi connectivity index (χ1) is 8.45. The smallest absolute Gasteiger partial charge is 0.257 e.